The molecule has 2 N–H and O–H groups in total. The highest BCUT2D eigenvalue weighted by atomic mass is 14.7. The molecule has 0 aliphatic carbocycles. The zero-order chi connectivity index (χ0) is 9.98. The Morgan fingerprint density at radius 1 is 1.17 bits per heavy atom. The SMILES string of the molecule is CC.CC.Cc1ccc(N)cn1.[HH]. The molecule has 1 heterocycles. The van der Waals surface area contributed by atoms with Crippen molar-refractivity contribution in [2.75, 3.05) is 5.73 Å². The summed E-state index contributed by atoms with van der Waals surface area (Å²) in [7, 11) is 0. The second kappa shape index (κ2) is 9.95. The first-order valence-corrected chi connectivity index (χ1v) is 4.47. The van der Waals surface area contributed by atoms with Crippen molar-refractivity contribution < 1.29 is 1.43 Å². The minimum atomic E-state index is 0. The maximum absolute atomic E-state index is 5.36. The highest BCUT2D eigenvalue weighted by molar-refractivity contribution is 5.34. The predicted molar refractivity (Wildman–Crippen MR) is 58.2 cm³/mol. The third-order valence-electron chi connectivity index (χ3n) is 0.934. The van der Waals surface area contributed by atoms with Crippen LogP contribution in [0.4, 0.5) is 5.69 Å². The molecule has 0 aliphatic heterocycles. The molecule has 12 heavy (non-hydrogen) atoms. The van der Waals surface area contributed by atoms with Gasteiger partial charge in [-0.2, -0.15) is 0 Å². The van der Waals surface area contributed by atoms with Crippen molar-refractivity contribution in [2.24, 2.45) is 0 Å². The topological polar surface area (TPSA) is 38.9 Å². The van der Waals surface area contributed by atoms with Gasteiger partial charge < -0.3 is 5.73 Å². The zero-order valence-corrected chi connectivity index (χ0v) is 8.76. The highest BCUT2D eigenvalue weighted by Gasteiger charge is 1.81. The zero-order valence-electron chi connectivity index (χ0n) is 8.76. The molecule has 2 nitrogen and oxygen atoms in total. The van der Waals surface area contributed by atoms with Crippen LogP contribution in [-0.4, -0.2) is 4.98 Å². The van der Waals surface area contributed by atoms with E-state index in [9.17, 15) is 0 Å². The average molecular weight is 170 g/mol. The van der Waals surface area contributed by atoms with Gasteiger partial charge >= 0.3 is 0 Å². The van der Waals surface area contributed by atoms with Gasteiger partial charge in [0.15, 0.2) is 0 Å². The molecule has 2 heteroatoms. The summed E-state index contributed by atoms with van der Waals surface area (Å²) in [6, 6.07) is 3.72. The van der Waals surface area contributed by atoms with Gasteiger partial charge in [-0.15, -0.1) is 0 Å². The second-order valence-corrected chi connectivity index (χ2v) is 1.73. The van der Waals surface area contributed by atoms with E-state index < -0.39 is 0 Å². The molecule has 0 saturated heterocycles. The smallest absolute Gasteiger partial charge is 0.0500 e. The standard InChI is InChI=1S/C6H8N2.2C2H6.H2/c1-5-2-3-6(7)4-8-5;2*1-2;/h2-4H,7H2,1H3;2*1-2H3;1H. The molecule has 0 saturated carbocycles. The van der Waals surface area contributed by atoms with Gasteiger partial charge in [0, 0.05) is 7.12 Å². The van der Waals surface area contributed by atoms with Crippen molar-refractivity contribution in [1.29, 1.82) is 0 Å². The number of nitrogens with two attached hydrogens (primary N) is 1. The summed E-state index contributed by atoms with van der Waals surface area (Å²) >= 11 is 0. The third-order valence-corrected chi connectivity index (χ3v) is 0.934. The van der Waals surface area contributed by atoms with Gasteiger partial charge in [0.1, 0.15) is 0 Å². The van der Waals surface area contributed by atoms with Crippen LogP contribution in [-0.2, 0) is 0 Å². The molecular formula is C10H22N2. The molecule has 0 radical (unpaired) electrons. The summed E-state index contributed by atoms with van der Waals surface area (Å²) in [6.07, 6.45) is 1.65. The van der Waals surface area contributed by atoms with Crippen molar-refractivity contribution >= 4 is 5.69 Å². The van der Waals surface area contributed by atoms with Gasteiger partial charge in [0.25, 0.3) is 0 Å². The Hall–Kier alpha value is -1.05. The van der Waals surface area contributed by atoms with Gasteiger partial charge in [-0.05, 0) is 19.1 Å². The van der Waals surface area contributed by atoms with E-state index in [0.717, 1.165) is 11.4 Å². The fourth-order valence-electron chi connectivity index (χ4n) is 0.479. The third kappa shape index (κ3) is 7.06. The Labute approximate surface area is 77.3 Å². The monoisotopic (exact) mass is 170 g/mol. The number of aromatic nitrogens is 1. The molecular weight excluding hydrogens is 148 g/mol. The van der Waals surface area contributed by atoms with Crippen LogP contribution in [0.5, 0.6) is 0 Å². The van der Waals surface area contributed by atoms with Crippen molar-refractivity contribution in [2.45, 2.75) is 34.6 Å². The molecule has 0 bridgehead atoms. The van der Waals surface area contributed by atoms with E-state index >= 15 is 0 Å². The van der Waals surface area contributed by atoms with Gasteiger partial charge in [0.05, 0.1) is 11.9 Å². The molecule has 72 valence electrons. The van der Waals surface area contributed by atoms with E-state index in [-0.39, 0.29) is 1.43 Å². The largest absolute Gasteiger partial charge is 0.397 e. The summed E-state index contributed by atoms with van der Waals surface area (Å²) < 4.78 is 0. The lowest BCUT2D eigenvalue weighted by Gasteiger charge is -1.89. The molecule has 0 spiro atoms. The molecule has 0 aliphatic rings. The number of anilines is 1. The fraction of sp³-hybridized carbons (Fsp3) is 0.500. The Morgan fingerprint density at radius 3 is 1.92 bits per heavy atom. The Kier molecular flexibility index (Phi) is 11.2. The minimum absolute atomic E-state index is 0. The second-order valence-electron chi connectivity index (χ2n) is 1.73. The van der Waals surface area contributed by atoms with Crippen LogP contribution < -0.4 is 5.73 Å². The number of hydrogen-bond donors (Lipinski definition) is 1. The average Bonchev–Trinajstić information content (AvgIpc) is 2.17. The van der Waals surface area contributed by atoms with E-state index in [1.807, 2.05) is 46.8 Å². The summed E-state index contributed by atoms with van der Waals surface area (Å²) in [5, 5.41) is 0. The summed E-state index contributed by atoms with van der Waals surface area (Å²) in [5.74, 6) is 0. The number of hydrogen-bond acceptors (Lipinski definition) is 2. The van der Waals surface area contributed by atoms with Crippen LogP contribution in [0.3, 0.4) is 0 Å². The van der Waals surface area contributed by atoms with Gasteiger partial charge in [-0.1, -0.05) is 27.7 Å². The number of aryl methyl sites for hydroxylation is 1. The highest BCUT2D eigenvalue weighted by Crippen LogP contribution is 1.97. The maximum Gasteiger partial charge on any atom is 0.0500 e. The molecule has 0 aromatic carbocycles. The van der Waals surface area contributed by atoms with Crippen molar-refractivity contribution in [3.63, 3.8) is 0 Å². The van der Waals surface area contributed by atoms with E-state index in [1.54, 1.807) is 6.20 Å². The predicted octanol–water partition coefficient (Wildman–Crippen LogP) is 3.27. The number of nitrogens with zero attached hydrogens (tertiary/aromatic N) is 1. The van der Waals surface area contributed by atoms with Crippen LogP contribution in [0.15, 0.2) is 18.3 Å². The van der Waals surface area contributed by atoms with Crippen molar-refractivity contribution in [3.05, 3.63) is 24.0 Å². The lowest BCUT2D eigenvalue weighted by Crippen LogP contribution is -1.85. The number of rotatable bonds is 0. The first-order valence-electron chi connectivity index (χ1n) is 4.47. The summed E-state index contributed by atoms with van der Waals surface area (Å²) in [5.41, 5.74) is 7.08. The van der Waals surface area contributed by atoms with Gasteiger partial charge in [-0.25, -0.2) is 0 Å². The molecule has 0 amide bonds. The van der Waals surface area contributed by atoms with E-state index in [0.29, 0.717) is 0 Å². The Balaban J connectivity index is -0.000000178. The Bertz CT molecular complexity index is 152. The van der Waals surface area contributed by atoms with Crippen LogP contribution in [0.1, 0.15) is 34.8 Å². The van der Waals surface area contributed by atoms with Crippen LogP contribution in [0, 0.1) is 6.92 Å². The molecule has 0 unspecified atom stereocenters. The van der Waals surface area contributed by atoms with Gasteiger partial charge in [0.2, 0.25) is 0 Å². The van der Waals surface area contributed by atoms with E-state index in [2.05, 4.69) is 4.98 Å². The lowest BCUT2D eigenvalue weighted by molar-refractivity contribution is 1.20. The number of pyridine rings is 1. The van der Waals surface area contributed by atoms with Crippen molar-refractivity contribution in [1.82, 2.24) is 4.98 Å². The quantitative estimate of drug-likeness (QED) is 0.649. The van der Waals surface area contributed by atoms with Gasteiger partial charge in [-0.3, -0.25) is 4.98 Å². The van der Waals surface area contributed by atoms with Crippen LogP contribution >= 0.6 is 0 Å². The van der Waals surface area contributed by atoms with Crippen molar-refractivity contribution in [3.8, 4) is 0 Å². The molecule has 1 aromatic heterocycles. The molecule has 0 fully saturated rings. The van der Waals surface area contributed by atoms with Crippen LogP contribution in [0.2, 0.25) is 0 Å². The summed E-state index contributed by atoms with van der Waals surface area (Å²) in [6.45, 7) is 9.93. The first-order chi connectivity index (χ1) is 5.79. The first kappa shape index (κ1) is 13.5. The van der Waals surface area contributed by atoms with E-state index in [1.165, 1.54) is 0 Å². The lowest BCUT2D eigenvalue weighted by atomic mass is 10.4. The van der Waals surface area contributed by atoms with E-state index in [4.69, 9.17) is 5.73 Å². The van der Waals surface area contributed by atoms with Crippen LogP contribution in [0.25, 0.3) is 0 Å². The number of nitrogen functional groups attached to an aromatic ring is 1. The molecule has 1 aromatic rings. The Morgan fingerprint density at radius 2 is 1.67 bits per heavy atom. The fourth-order valence-corrected chi connectivity index (χ4v) is 0.479. The molecule has 1 rings (SSSR count). The molecule has 0 atom stereocenters. The maximum atomic E-state index is 5.36. The minimum Gasteiger partial charge on any atom is -0.397 e. The summed E-state index contributed by atoms with van der Waals surface area (Å²) in [4.78, 5) is 3.95. The normalized spacial score (nSPS) is 7.08.